The number of hydrogen-bond acceptors (Lipinski definition) is 2. The summed E-state index contributed by atoms with van der Waals surface area (Å²) >= 11 is 11.7. The summed E-state index contributed by atoms with van der Waals surface area (Å²) in [5.74, 6) is 0.970. The Hall–Kier alpha value is -1.51. The van der Waals surface area contributed by atoms with Gasteiger partial charge in [-0.2, -0.15) is 0 Å². The number of hydrogen-bond donors (Lipinski definition) is 0. The Morgan fingerprint density at radius 2 is 1.76 bits per heavy atom. The molecular weight excluding hydrogens is 259 g/mol. The molecule has 0 fully saturated rings. The van der Waals surface area contributed by atoms with Crippen LogP contribution in [0.2, 0.25) is 10.0 Å². The lowest BCUT2D eigenvalue weighted by atomic mass is 10.2. The minimum absolute atomic E-state index is 0.412. The fourth-order valence-corrected chi connectivity index (χ4v) is 1.69. The Morgan fingerprint density at radius 1 is 1.00 bits per heavy atom. The maximum absolute atomic E-state index is 10.8. The zero-order chi connectivity index (χ0) is 12.3. The molecule has 0 aliphatic rings. The maximum Gasteiger partial charge on any atom is 0.153 e. The van der Waals surface area contributed by atoms with Crippen LogP contribution in [0.4, 0.5) is 0 Å². The number of carbonyl (C=O) groups excluding carboxylic acids is 1. The predicted octanol–water partition coefficient (Wildman–Crippen LogP) is 4.60. The molecule has 0 saturated carbocycles. The van der Waals surface area contributed by atoms with Crippen LogP contribution in [0.3, 0.4) is 0 Å². The highest BCUT2D eigenvalue weighted by atomic mass is 35.5. The van der Waals surface area contributed by atoms with E-state index in [1.165, 1.54) is 0 Å². The average Bonchev–Trinajstić information content (AvgIpc) is 2.29. The molecule has 2 nitrogen and oxygen atoms in total. The summed E-state index contributed by atoms with van der Waals surface area (Å²) in [5, 5.41) is 1.07. The van der Waals surface area contributed by atoms with Gasteiger partial charge in [0.05, 0.1) is 5.56 Å². The van der Waals surface area contributed by atoms with Gasteiger partial charge >= 0.3 is 0 Å². The van der Waals surface area contributed by atoms with E-state index in [1.807, 2.05) is 0 Å². The SMILES string of the molecule is O=Cc1ccc(Cl)cc1Oc1cccc(Cl)c1. The highest BCUT2D eigenvalue weighted by Gasteiger charge is 2.05. The summed E-state index contributed by atoms with van der Waals surface area (Å²) in [5.41, 5.74) is 0.439. The topological polar surface area (TPSA) is 26.3 Å². The zero-order valence-electron chi connectivity index (χ0n) is 8.69. The van der Waals surface area contributed by atoms with Crippen LogP contribution in [0.1, 0.15) is 10.4 Å². The van der Waals surface area contributed by atoms with Gasteiger partial charge < -0.3 is 4.74 Å². The van der Waals surface area contributed by atoms with E-state index in [2.05, 4.69) is 0 Å². The van der Waals surface area contributed by atoms with Gasteiger partial charge in [0.15, 0.2) is 6.29 Å². The molecule has 2 aromatic rings. The van der Waals surface area contributed by atoms with Gasteiger partial charge in [-0.3, -0.25) is 4.79 Å². The van der Waals surface area contributed by atoms with Crippen molar-refractivity contribution in [2.75, 3.05) is 0 Å². The van der Waals surface area contributed by atoms with Crippen molar-refractivity contribution in [3.63, 3.8) is 0 Å². The Balaban J connectivity index is 2.35. The van der Waals surface area contributed by atoms with Crippen LogP contribution in [-0.4, -0.2) is 6.29 Å². The lowest BCUT2D eigenvalue weighted by Crippen LogP contribution is -1.90. The first-order chi connectivity index (χ1) is 8.19. The molecule has 17 heavy (non-hydrogen) atoms. The molecule has 2 aromatic carbocycles. The first-order valence-electron chi connectivity index (χ1n) is 4.87. The Labute approximate surface area is 109 Å². The minimum Gasteiger partial charge on any atom is -0.457 e. The van der Waals surface area contributed by atoms with Gasteiger partial charge in [-0.1, -0.05) is 29.3 Å². The minimum atomic E-state index is 0.412. The lowest BCUT2D eigenvalue weighted by molar-refractivity contribution is 0.112. The standard InChI is InChI=1S/C13H8Cl2O2/c14-10-2-1-3-12(6-10)17-13-7-11(15)5-4-9(13)8-16/h1-8H. The third-order valence-electron chi connectivity index (χ3n) is 2.13. The third kappa shape index (κ3) is 2.99. The Kier molecular flexibility index (Phi) is 3.67. The van der Waals surface area contributed by atoms with Gasteiger partial charge in [-0.05, 0) is 30.3 Å². The van der Waals surface area contributed by atoms with E-state index < -0.39 is 0 Å². The molecule has 0 bridgehead atoms. The van der Waals surface area contributed by atoms with Crippen molar-refractivity contribution >= 4 is 29.5 Å². The lowest BCUT2D eigenvalue weighted by Gasteiger charge is -2.08. The van der Waals surface area contributed by atoms with Crippen LogP contribution < -0.4 is 4.74 Å². The van der Waals surface area contributed by atoms with Gasteiger partial charge in [0, 0.05) is 16.1 Å². The van der Waals surface area contributed by atoms with Crippen LogP contribution in [-0.2, 0) is 0 Å². The second-order valence-corrected chi connectivity index (χ2v) is 4.23. The first kappa shape index (κ1) is 12.0. The van der Waals surface area contributed by atoms with Gasteiger partial charge in [-0.25, -0.2) is 0 Å². The van der Waals surface area contributed by atoms with Gasteiger partial charge in [-0.15, -0.1) is 0 Å². The second-order valence-electron chi connectivity index (χ2n) is 3.36. The molecule has 0 aliphatic carbocycles. The Morgan fingerprint density at radius 3 is 2.47 bits per heavy atom. The van der Waals surface area contributed by atoms with Crippen molar-refractivity contribution in [3.8, 4) is 11.5 Å². The van der Waals surface area contributed by atoms with Crippen molar-refractivity contribution in [3.05, 3.63) is 58.1 Å². The Bertz CT molecular complexity index is 553. The third-order valence-corrected chi connectivity index (χ3v) is 2.60. The summed E-state index contributed by atoms with van der Waals surface area (Å²) in [4.78, 5) is 10.8. The van der Waals surface area contributed by atoms with E-state index in [9.17, 15) is 4.79 Å². The number of aldehydes is 1. The quantitative estimate of drug-likeness (QED) is 0.760. The monoisotopic (exact) mass is 266 g/mol. The van der Waals surface area contributed by atoms with Crippen molar-refractivity contribution in [1.29, 1.82) is 0 Å². The van der Waals surface area contributed by atoms with Crippen LogP contribution in [0.5, 0.6) is 11.5 Å². The molecule has 0 radical (unpaired) electrons. The number of halogens is 2. The molecule has 86 valence electrons. The molecular formula is C13H8Cl2O2. The van der Waals surface area contributed by atoms with E-state index >= 15 is 0 Å². The summed E-state index contributed by atoms with van der Waals surface area (Å²) < 4.78 is 5.56. The van der Waals surface area contributed by atoms with Crippen LogP contribution in [0.25, 0.3) is 0 Å². The summed E-state index contributed by atoms with van der Waals surface area (Å²) in [6.45, 7) is 0. The molecule has 0 spiro atoms. The predicted molar refractivity (Wildman–Crippen MR) is 68.4 cm³/mol. The molecule has 0 heterocycles. The van der Waals surface area contributed by atoms with Crippen LogP contribution >= 0.6 is 23.2 Å². The fourth-order valence-electron chi connectivity index (χ4n) is 1.35. The molecule has 0 atom stereocenters. The normalized spacial score (nSPS) is 10.0. The fraction of sp³-hybridized carbons (Fsp3) is 0. The summed E-state index contributed by atoms with van der Waals surface area (Å²) in [6, 6.07) is 11.8. The number of ether oxygens (including phenoxy) is 1. The number of carbonyl (C=O) groups is 1. The van der Waals surface area contributed by atoms with Crippen molar-refractivity contribution in [2.45, 2.75) is 0 Å². The van der Waals surface area contributed by atoms with Crippen molar-refractivity contribution < 1.29 is 9.53 Å². The first-order valence-corrected chi connectivity index (χ1v) is 5.63. The molecule has 0 saturated heterocycles. The van der Waals surface area contributed by atoms with Crippen molar-refractivity contribution in [1.82, 2.24) is 0 Å². The average molecular weight is 267 g/mol. The molecule has 2 rings (SSSR count). The molecule has 0 unspecified atom stereocenters. The van der Waals surface area contributed by atoms with Gasteiger partial charge in [0.25, 0.3) is 0 Å². The maximum atomic E-state index is 10.8. The summed E-state index contributed by atoms with van der Waals surface area (Å²) in [7, 11) is 0. The van der Waals surface area contributed by atoms with E-state index in [4.69, 9.17) is 27.9 Å². The highest BCUT2D eigenvalue weighted by molar-refractivity contribution is 6.31. The smallest absolute Gasteiger partial charge is 0.153 e. The highest BCUT2D eigenvalue weighted by Crippen LogP contribution is 2.28. The number of rotatable bonds is 3. The van der Waals surface area contributed by atoms with Gasteiger partial charge in [0.1, 0.15) is 11.5 Å². The van der Waals surface area contributed by atoms with Gasteiger partial charge in [0.2, 0.25) is 0 Å². The van der Waals surface area contributed by atoms with E-state index in [1.54, 1.807) is 42.5 Å². The largest absolute Gasteiger partial charge is 0.457 e. The molecule has 0 amide bonds. The molecule has 0 aliphatic heterocycles. The van der Waals surface area contributed by atoms with E-state index in [0.717, 1.165) is 6.29 Å². The van der Waals surface area contributed by atoms with Crippen molar-refractivity contribution in [2.24, 2.45) is 0 Å². The van der Waals surface area contributed by atoms with E-state index in [-0.39, 0.29) is 0 Å². The molecule has 0 N–H and O–H groups in total. The van der Waals surface area contributed by atoms with E-state index in [0.29, 0.717) is 27.1 Å². The molecule has 0 aromatic heterocycles. The summed E-state index contributed by atoms with van der Waals surface area (Å²) in [6.07, 6.45) is 0.718. The molecule has 4 heteroatoms. The van der Waals surface area contributed by atoms with Crippen LogP contribution in [0, 0.1) is 0 Å². The zero-order valence-corrected chi connectivity index (χ0v) is 10.2. The van der Waals surface area contributed by atoms with Crippen LogP contribution in [0.15, 0.2) is 42.5 Å². The number of benzene rings is 2. The second kappa shape index (κ2) is 5.21.